The molecule has 6 N–H and O–H groups in total. The van der Waals surface area contributed by atoms with Gasteiger partial charge < -0.3 is 50.4 Å². The summed E-state index contributed by atoms with van der Waals surface area (Å²) in [5.41, 5.74) is 0. The smallest absolute Gasteiger partial charge is 0.326 e. The molecular formula is C40H73IN4O12. The van der Waals surface area contributed by atoms with Crippen molar-refractivity contribution in [1.82, 2.24) is 21.3 Å². The van der Waals surface area contributed by atoms with Crippen molar-refractivity contribution in [3.05, 3.63) is 0 Å². The van der Waals surface area contributed by atoms with Crippen molar-refractivity contribution in [2.24, 2.45) is 0 Å². The van der Waals surface area contributed by atoms with Gasteiger partial charge in [-0.1, -0.05) is 99.6 Å². The van der Waals surface area contributed by atoms with Crippen molar-refractivity contribution >= 4 is 58.2 Å². The highest BCUT2D eigenvalue weighted by molar-refractivity contribution is 14.1. The van der Waals surface area contributed by atoms with Crippen LogP contribution in [-0.4, -0.2) is 129 Å². The highest BCUT2D eigenvalue weighted by Gasteiger charge is 2.19. The number of ether oxygens (including phenoxy) is 4. The molecule has 0 rings (SSSR count). The van der Waals surface area contributed by atoms with E-state index >= 15 is 0 Å². The van der Waals surface area contributed by atoms with Gasteiger partial charge >= 0.3 is 11.9 Å². The fraction of sp³-hybridized carbons (Fsp3) is 0.850. The average molecular weight is 929 g/mol. The first-order chi connectivity index (χ1) is 27.6. The second-order valence-electron chi connectivity index (χ2n) is 13.9. The van der Waals surface area contributed by atoms with Gasteiger partial charge in [-0.15, -0.1) is 0 Å². The number of unbranched alkanes of at least 4 members (excludes halogenated alkanes) is 14. The Morgan fingerprint density at radius 2 is 0.825 bits per heavy atom. The van der Waals surface area contributed by atoms with Gasteiger partial charge in [0, 0.05) is 45.3 Å². The Labute approximate surface area is 353 Å². The Kier molecular flexibility index (Phi) is 39.6. The van der Waals surface area contributed by atoms with Gasteiger partial charge in [-0.2, -0.15) is 0 Å². The fourth-order valence-corrected chi connectivity index (χ4v) is 5.90. The molecule has 1 unspecified atom stereocenters. The largest absolute Gasteiger partial charge is 0.481 e. The molecule has 0 fully saturated rings. The molecule has 57 heavy (non-hydrogen) atoms. The second-order valence-corrected chi connectivity index (χ2v) is 14.7. The average Bonchev–Trinajstić information content (AvgIpc) is 3.18. The summed E-state index contributed by atoms with van der Waals surface area (Å²) in [6, 6.07) is -0.938. The third-order valence-corrected chi connectivity index (χ3v) is 9.56. The van der Waals surface area contributed by atoms with Gasteiger partial charge in [0.05, 0.1) is 57.3 Å². The maximum Gasteiger partial charge on any atom is 0.326 e. The first-order valence-corrected chi connectivity index (χ1v) is 22.6. The number of hydrogen-bond acceptors (Lipinski definition) is 10. The van der Waals surface area contributed by atoms with E-state index in [1.165, 1.54) is 44.9 Å². The Hall–Kier alpha value is -2.61. The minimum absolute atomic E-state index is 0.0297. The van der Waals surface area contributed by atoms with Crippen LogP contribution in [0.1, 0.15) is 135 Å². The Morgan fingerprint density at radius 3 is 1.26 bits per heavy atom. The number of carboxylic acids is 2. The number of alkyl halides is 1. The molecule has 0 aliphatic heterocycles. The number of carboxylic acid groups (broad SMARTS) is 2. The topological polar surface area (TPSA) is 228 Å². The second kappa shape index (κ2) is 41.5. The molecule has 0 saturated carbocycles. The number of aliphatic carboxylic acids is 2. The van der Waals surface area contributed by atoms with Crippen molar-refractivity contribution in [2.45, 2.75) is 141 Å². The van der Waals surface area contributed by atoms with Gasteiger partial charge in [0.2, 0.25) is 23.6 Å². The van der Waals surface area contributed by atoms with Crippen LogP contribution in [0.15, 0.2) is 0 Å². The highest BCUT2D eigenvalue weighted by atomic mass is 127. The van der Waals surface area contributed by atoms with E-state index in [-0.39, 0.29) is 56.1 Å². The Morgan fingerprint density at radius 1 is 0.421 bits per heavy atom. The first kappa shape index (κ1) is 54.4. The van der Waals surface area contributed by atoms with Crippen LogP contribution in [0.3, 0.4) is 0 Å². The predicted octanol–water partition coefficient (Wildman–Crippen LogP) is 4.68. The number of amides is 4. The quantitative estimate of drug-likeness (QED) is 0.0279. The standard InChI is InChI=1S/C40H73IN4O12/c41-33-38(49)44-24-28-57-32-30-55-26-21-36(47)43-23-27-56-31-29-54-25-20-35(46)42-22-16-15-17-34(40(52)53)45-37(48)18-13-11-9-7-5-3-1-2-4-6-8-10-12-14-19-39(50)51/h34H,1-33H2,(H,42,46)(H,43,47)(H,44,49)(H,45,48)(H,50,51)(H,52,53). The third kappa shape index (κ3) is 41.4. The van der Waals surface area contributed by atoms with Crippen molar-refractivity contribution in [2.75, 3.05) is 76.9 Å². The van der Waals surface area contributed by atoms with Gasteiger partial charge in [-0.25, -0.2) is 4.79 Å². The highest BCUT2D eigenvalue weighted by Crippen LogP contribution is 2.14. The van der Waals surface area contributed by atoms with Crippen LogP contribution < -0.4 is 21.3 Å². The predicted molar refractivity (Wildman–Crippen MR) is 225 cm³/mol. The summed E-state index contributed by atoms with van der Waals surface area (Å²) in [5, 5.41) is 29.1. The lowest BCUT2D eigenvalue weighted by molar-refractivity contribution is -0.142. The minimum atomic E-state index is -1.05. The van der Waals surface area contributed by atoms with E-state index in [0.717, 1.165) is 44.9 Å². The van der Waals surface area contributed by atoms with Crippen molar-refractivity contribution in [3.63, 3.8) is 0 Å². The van der Waals surface area contributed by atoms with Gasteiger partial charge in [-0.05, 0) is 32.1 Å². The zero-order valence-electron chi connectivity index (χ0n) is 34.3. The van der Waals surface area contributed by atoms with Gasteiger partial charge in [-0.3, -0.25) is 24.0 Å². The van der Waals surface area contributed by atoms with E-state index in [1.807, 2.05) is 22.6 Å². The number of hydrogen-bond donors (Lipinski definition) is 6. The normalized spacial score (nSPS) is 11.5. The van der Waals surface area contributed by atoms with E-state index < -0.39 is 18.0 Å². The molecule has 16 nitrogen and oxygen atoms in total. The van der Waals surface area contributed by atoms with Crippen LogP contribution in [0.5, 0.6) is 0 Å². The molecule has 0 bridgehead atoms. The number of carbonyl (C=O) groups excluding carboxylic acids is 4. The van der Waals surface area contributed by atoms with Crippen LogP contribution >= 0.6 is 22.6 Å². The SMILES string of the molecule is O=C(O)CCCCCCCCCCCCCCCCC(=O)NC(CCCCNC(=O)CCOCCOCCNC(=O)CCOCCOCCNC(=O)CI)C(=O)O. The lowest BCUT2D eigenvalue weighted by Crippen LogP contribution is -2.40. The molecule has 0 heterocycles. The van der Waals surface area contributed by atoms with Crippen molar-refractivity contribution in [1.29, 1.82) is 0 Å². The number of rotatable bonds is 43. The van der Waals surface area contributed by atoms with E-state index in [9.17, 15) is 33.9 Å². The van der Waals surface area contributed by atoms with Crippen LogP contribution in [0.4, 0.5) is 0 Å². The summed E-state index contributed by atoms with van der Waals surface area (Å²) in [4.78, 5) is 69.5. The lowest BCUT2D eigenvalue weighted by atomic mass is 10.0. The summed E-state index contributed by atoms with van der Waals surface area (Å²) in [6.45, 7) is 3.87. The van der Waals surface area contributed by atoms with Gasteiger partial charge in [0.1, 0.15) is 6.04 Å². The molecule has 0 saturated heterocycles. The van der Waals surface area contributed by atoms with Crippen LogP contribution in [0.25, 0.3) is 0 Å². The number of halogens is 1. The summed E-state index contributed by atoms with van der Waals surface area (Å²) in [7, 11) is 0. The maximum absolute atomic E-state index is 12.3. The summed E-state index contributed by atoms with van der Waals surface area (Å²) < 4.78 is 22.0. The monoisotopic (exact) mass is 928 g/mol. The molecule has 0 aromatic heterocycles. The van der Waals surface area contributed by atoms with Crippen LogP contribution in [-0.2, 0) is 47.7 Å². The van der Waals surface area contributed by atoms with E-state index in [4.69, 9.17) is 24.1 Å². The summed E-state index contributed by atoms with van der Waals surface area (Å²) >= 11 is 1.99. The molecule has 0 aliphatic rings. The lowest BCUT2D eigenvalue weighted by Gasteiger charge is -2.14. The van der Waals surface area contributed by atoms with Crippen LogP contribution in [0.2, 0.25) is 0 Å². The molecule has 0 aromatic rings. The van der Waals surface area contributed by atoms with Crippen molar-refractivity contribution < 1.29 is 57.9 Å². The van der Waals surface area contributed by atoms with Gasteiger partial charge in [0.15, 0.2) is 0 Å². The fourth-order valence-electron chi connectivity index (χ4n) is 5.63. The maximum atomic E-state index is 12.3. The molecular weight excluding hydrogens is 855 g/mol. The van der Waals surface area contributed by atoms with Gasteiger partial charge in [0.25, 0.3) is 0 Å². The molecule has 0 radical (unpaired) electrons. The van der Waals surface area contributed by atoms with Crippen molar-refractivity contribution in [3.8, 4) is 0 Å². The number of carbonyl (C=O) groups is 6. The molecule has 1 atom stereocenters. The van der Waals surface area contributed by atoms with E-state index in [0.29, 0.717) is 89.4 Å². The molecule has 0 spiro atoms. The molecule has 0 aromatic carbocycles. The minimum Gasteiger partial charge on any atom is -0.481 e. The third-order valence-electron chi connectivity index (χ3n) is 8.87. The molecule has 4 amide bonds. The van der Waals surface area contributed by atoms with Crippen LogP contribution in [0, 0.1) is 0 Å². The van der Waals surface area contributed by atoms with E-state index in [2.05, 4.69) is 21.3 Å². The molecule has 17 heteroatoms. The zero-order valence-corrected chi connectivity index (χ0v) is 36.4. The summed E-state index contributed by atoms with van der Waals surface area (Å²) in [6.07, 6.45) is 17.8. The Balaban J connectivity index is 3.59. The molecule has 332 valence electrons. The number of nitrogens with one attached hydrogen (secondary N) is 4. The summed E-state index contributed by atoms with van der Waals surface area (Å²) in [5.74, 6) is -2.33. The first-order valence-electron chi connectivity index (χ1n) is 21.1. The van der Waals surface area contributed by atoms with E-state index in [1.54, 1.807) is 0 Å². The zero-order chi connectivity index (χ0) is 42.0. The Bertz CT molecular complexity index is 1060. The molecule has 0 aliphatic carbocycles.